The highest BCUT2D eigenvalue weighted by Crippen LogP contribution is 2.29. The second-order valence-corrected chi connectivity index (χ2v) is 8.07. The maximum atomic E-state index is 14.4. The number of amides is 1. The fourth-order valence-electron chi connectivity index (χ4n) is 2.87. The van der Waals surface area contributed by atoms with Gasteiger partial charge in [-0.2, -0.15) is 0 Å². The van der Waals surface area contributed by atoms with Crippen molar-refractivity contribution in [2.24, 2.45) is 0 Å². The van der Waals surface area contributed by atoms with Crippen molar-refractivity contribution in [3.05, 3.63) is 89.2 Å². The average Bonchev–Trinajstić information content (AvgIpc) is 3.18. The minimum absolute atomic E-state index is 0.129. The van der Waals surface area contributed by atoms with E-state index in [0.717, 1.165) is 10.2 Å². The first-order valence-corrected chi connectivity index (χ1v) is 10.8. The standard InChI is InChI=1S/C22H16BrFN4OS/c23-17-11-5-7-13-19(17)25-20(29)14-30-22-27-26-21(16-10-4-6-12-18(16)24)28(22)15-8-2-1-3-9-15/h1-13H,14H2,(H,25,29). The summed E-state index contributed by atoms with van der Waals surface area (Å²) in [5.41, 5.74) is 1.83. The lowest BCUT2D eigenvalue weighted by atomic mass is 10.2. The highest BCUT2D eigenvalue weighted by Gasteiger charge is 2.19. The molecular weight excluding hydrogens is 467 g/mol. The SMILES string of the molecule is O=C(CSc1nnc(-c2ccccc2F)n1-c1ccccc1)Nc1ccccc1Br. The average molecular weight is 483 g/mol. The van der Waals surface area contributed by atoms with Gasteiger partial charge in [-0.3, -0.25) is 9.36 Å². The van der Waals surface area contributed by atoms with E-state index in [1.54, 1.807) is 22.8 Å². The molecule has 0 aliphatic rings. The third kappa shape index (κ3) is 4.44. The van der Waals surface area contributed by atoms with Gasteiger partial charge in [-0.25, -0.2) is 4.39 Å². The highest BCUT2D eigenvalue weighted by molar-refractivity contribution is 9.10. The van der Waals surface area contributed by atoms with Gasteiger partial charge in [0, 0.05) is 10.2 Å². The second-order valence-electron chi connectivity index (χ2n) is 6.27. The lowest BCUT2D eigenvalue weighted by molar-refractivity contribution is -0.113. The Bertz CT molecular complexity index is 1180. The monoisotopic (exact) mass is 482 g/mol. The number of thioether (sulfide) groups is 1. The molecule has 30 heavy (non-hydrogen) atoms. The lowest BCUT2D eigenvalue weighted by Gasteiger charge is -2.11. The van der Waals surface area contributed by atoms with Gasteiger partial charge in [-0.05, 0) is 52.3 Å². The molecule has 1 N–H and O–H groups in total. The van der Waals surface area contributed by atoms with Crippen LogP contribution in [0, 0.1) is 5.82 Å². The van der Waals surface area contributed by atoms with Crippen LogP contribution >= 0.6 is 27.7 Å². The molecule has 4 rings (SSSR count). The predicted octanol–water partition coefficient (Wildman–Crippen LogP) is 5.57. The fourth-order valence-corrected chi connectivity index (χ4v) is 4.01. The van der Waals surface area contributed by atoms with Crippen molar-refractivity contribution >= 4 is 39.3 Å². The summed E-state index contributed by atoms with van der Waals surface area (Å²) in [5.74, 6) is -0.0518. The van der Waals surface area contributed by atoms with E-state index in [1.165, 1.54) is 17.8 Å². The Balaban J connectivity index is 1.61. The van der Waals surface area contributed by atoms with Gasteiger partial charge in [0.15, 0.2) is 11.0 Å². The Labute approximate surface area is 185 Å². The van der Waals surface area contributed by atoms with E-state index in [0.29, 0.717) is 22.2 Å². The van der Waals surface area contributed by atoms with Crippen molar-refractivity contribution < 1.29 is 9.18 Å². The van der Waals surface area contributed by atoms with Gasteiger partial charge in [-0.1, -0.05) is 54.2 Å². The third-order valence-electron chi connectivity index (χ3n) is 4.24. The number of carbonyl (C=O) groups is 1. The van der Waals surface area contributed by atoms with E-state index >= 15 is 0 Å². The number of rotatable bonds is 6. The molecule has 1 amide bonds. The van der Waals surface area contributed by atoms with Gasteiger partial charge in [0.05, 0.1) is 17.0 Å². The summed E-state index contributed by atoms with van der Waals surface area (Å²) in [7, 11) is 0. The summed E-state index contributed by atoms with van der Waals surface area (Å²) in [5, 5.41) is 11.8. The van der Waals surface area contributed by atoms with Crippen LogP contribution in [0.3, 0.4) is 0 Å². The first kappa shape index (κ1) is 20.3. The predicted molar refractivity (Wildman–Crippen MR) is 120 cm³/mol. The molecule has 5 nitrogen and oxygen atoms in total. The normalized spacial score (nSPS) is 10.7. The number of aromatic nitrogens is 3. The molecule has 0 saturated carbocycles. The molecule has 0 spiro atoms. The Morgan fingerprint density at radius 1 is 0.967 bits per heavy atom. The van der Waals surface area contributed by atoms with Crippen LogP contribution in [0.15, 0.2) is 88.5 Å². The lowest BCUT2D eigenvalue weighted by Crippen LogP contribution is -2.15. The summed E-state index contributed by atoms with van der Waals surface area (Å²) in [6.07, 6.45) is 0. The molecular formula is C22H16BrFN4OS. The molecule has 0 atom stereocenters. The number of hydrogen-bond donors (Lipinski definition) is 1. The van der Waals surface area contributed by atoms with Crippen molar-refractivity contribution in [1.29, 1.82) is 0 Å². The van der Waals surface area contributed by atoms with Crippen molar-refractivity contribution in [3.63, 3.8) is 0 Å². The first-order chi connectivity index (χ1) is 14.6. The van der Waals surface area contributed by atoms with Gasteiger partial charge >= 0.3 is 0 Å². The van der Waals surface area contributed by atoms with Crippen LogP contribution in [0.25, 0.3) is 17.1 Å². The molecule has 150 valence electrons. The van der Waals surface area contributed by atoms with Crippen molar-refractivity contribution in [2.45, 2.75) is 5.16 Å². The number of halogens is 2. The maximum absolute atomic E-state index is 14.4. The smallest absolute Gasteiger partial charge is 0.234 e. The van der Waals surface area contributed by atoms with E-state index < -0.39 is 0 Å². The van der Waals surface area contributed by atoms with Crippen LogP contribution in [0.1, 0.15) is 0 Å². The van der Waals surface area contributed by atoms with Crippen molar-refractivity contribution in [2.75, 3.05) is 11.1 Å². The molecule has 1 heterocycles. The number of hydrogen-bond acceptors (Lipinski definition) is 4. The third-order valence-corrected chi connectivity index (χ3v) is 5.86. The van der Waals surface area contributed by atoms with Crippen LogP contribution in [0.4, 0.5) is 10.1 Å². The topological polar surface area (TPSA) is 59.8 Å². The van der Waals surface area contributed by atoms with Crippen LogP contribution in [0.2, 0.25) is 0 Å². The number of anilines is 1. The molecule has 0 aliphatic carbocycles. The molecule has 3 aromatic carbocycles. The largest absolute Gasteiger partial charge is 0.324 e. The quantitative estimate of drug-likeness (QED) is 0.365. The second kappa shape index (κ2) is 9.23. The van der Waals surface area contributed by atoms with E-state index in [9.17, 15) is 9.18 Å². The summed E-state index contributed by atoms with van der Waals surface area (Å²) < 4.78 is 17.0. The van der Waals surface area contributed by atoms with Crippen LogP contribution in [-0.2, 0) is 4.79 Å². The summed E-state index contributed by atoms with van der Waals surface area (Å²) in [6, 6.07) is 23.3. The van der Waals surface area contributed by atoms with Gasteiger partial charge in [-0.15, -0.1) is 10.2 Å². The van der Waals surface area contributed by atoms with Crippen LogP contribution < -0.4 is 5.32 Å². The number of nitrogens with one attached hydrogen (secondary N) is 1. The molecule has 4 aromatic rings. The minimum Gasteiger partial charge on any atom is -0.324 e. The zero-order chi connectivity index (χ0) is 20.9. The number of nitrogens with zero attached hydrogens (tertiary/aromatic N) is 3. The number of carbonyl (C=O) groups excluding carboxylic acids is 1. The van der Waals surface area contributed by atoms with Crippen LogP contribution in [-0.4, -0.2) is 26.4 Å². The molecule has 0 bridgehead atoms. The van der Waals surface area contributed by atoms with Gasteiger partial charge in [0.1, 0.15) is 5.82 Å². The first-order valence-electron chi connectivity index (χ1n) is 9.06. The summed E-state index contributed by atoms with van der Waals surface area (Å²) in [6.45, 7) is 0. The highest BCUT2D eigenvalue weighted by atomic mass is 79.9. The van der Waals surface area contributed by atoms with Crippen molar-refractivity contribution in [3.8, 4) is 17.1 Å². The Kier molecular flexibility index (Phi) is 6.25. The van der Waals surface area contributed by atoms with Gasteiger partial charge in [0.25, 0.3) is 0 Å². The number of para-hydroxylation sites is 2. The summed E-state index contributed by atoms with van der Waals surface area (Å²) >= 11 is 4.65. The zero-order valence-electron chi connectivity index (χ0n) is 15.6. The molecule has 0 fully saturated rings. The fraction of sp³-hybridized carbons (Fsp3) is 0.0455. The van der Waals surface area contributed by atoms with E-state index in [1.807, 2.05) is 54.6 Å². The van der Waals surface area contributed by atoms with E-state index in [-0.39, 0.29) is 17.5 Å². The maximum Gasteiger partial charge on any atom is 0.234 e. The molecule has 0 radical (unpaired) electrons. The van der Waals surface area contributed by atoms with Gasteiger partial charge < -0.3 is 5.32 Å². The van der Waals surface area contributed by atoms with E-state index in [4.69, 9.17) is 0 Å². The Hall–Kier alpha value is -2.97. The van der Waals surface area contributed by atoms with Crippen molar-refractivity contribution in [1.82, 2.24) is 14.8 Å². The number of benzene rings is 3. The zero-order valence-corrected chi connectivity index (χ0v) is 18.0. The van der Waals surface area contributed by atoms with E-state index in [2.05, 4.69) is 31.4 Å². The van der Waals surface area contributed by atoms with Crippen LogP contribution in [0.5, 0.6) is 0 Å². The van der Waals surface area contributed by atoms with Gasteiger partial charge in [0.2, 0.25) is 5.91 Å². The minimum atomic E-state index is -0.384. The molecule has 0 unspecified atom stereocenters. The Morgan fingerprint density at radius 2 is 1.67 bits per heavy atom. The molecule has 0 saturated heterocycles. The molecule has 8 heteroatoms. The molecule has 1 aromatic heterocycles. The molecule has 0 aliphatic heterocycles. The Morgan fingerprint density at radius 3 is 2.43 bits per heavy atom. The summed E-state index contributed by atoms with van der Waals surface area (Å²) in [4.78, 5) is 12.4.